The van der Waals surface area contributed by atoms with Crippen LogP contribution in [0.25, 0.3) is 0 Å². The zero-order valence-electron chi connectivity index (χ0n) is 18.7. The van der Waals surface area contributed by atoms with Gasteiger partial charge in [-0.05, 0) is 51.7 Å². The van der Waals surface area contributed by atoms with Crippen molar-refractivity contribution in [3.05, 3.63) is 23.9 Å². The summed E-state index contributed by atoms with van der Waals surface area (Å²) in [7, 11) is 1.73. The average molecular weight is 406 g/mol. The lowest BCUT2D eigenvalue weighted by atomic mass is 10.1. The molecule has 1 fully saturated rings. The van der Waals surface area contributed by atoms with E-state index in [1.54, 1.807) is 7.11 Å². The van der Waals surface area contributed by atoms with E-state index in [0.29, 0.717) is 12.6 Å². The third-order valence-electron chi connectivity index (χ3n) is 5.23. The topological polar surface area (TPSA) is 62.2 Å². The van der Waals surface area contributed by atoms with Gasteiger partial charge in [-0.2, -0.15) is 0 Å². The van der Waals surface area contributed by atoms with Gasteiger partial charge in [0.25, 0.3) is 0 Å². The maximum Gasteiger partial charge on any atom is 0.194 e. The van der Waals surface area contributed by atoms with Gasteiger partial charge in [0.1, 0.15) is 5.82 Å². The fourth-order valence-electron chi connectivity index (χ4n) is 3.52. The molecule has 0 saturated carbocycles. The molecule has 1 N–H and O–H groups in total. The average Bonchev–Trinajstić information content (AvgIpc) is 2.76. The number of rotatable bonds is 11. The van der Waals surface area contributed by atoms with Crippen molar-refractivity contribution in [1.29, 1.82) is 0 Å². The third kappa shape index (κ3) is 7.82. The minimum atomic E-state index is 0.350. The molecule has 0 unspecified atom stereocenters. The molecule has 0 radical (unpaired) electrons. The number of guanidine groups is 1. The molecule has 0 amide bonds. The summed E-state index contributed by atoms with van der Waals surface area (Å²) in [6, 6.07) is 4.23. The van der Waals surface area contributed by atoms with Crippen molar-refractivity contribution in [1.82, 2.24) is 15.2 Å². The standard InChI is InChI=1S/C22H39N5O2/c1-5-23-22(27-13-11-20(12-14-27)29-16-8-15-28-4)25-18-19-9-10-21(24-17-19)26(6-2)7-3/h9-10,17,20H,5-8,11-16,18H2,1-4H3,(H,23,25). The molecule has 2 heterocycles. The van der Waals surface area contributed by atoms with Crippen LogP contribution in [0.5, 0.6) is 0 Å². The fourth-order valence-corrected chi connectivity index (χ4v) is 3.52. The summed E-state index contributed by atoms with van der Waals surface area (Å²) in [5.41, 5.74) is 1.13. The Balaban J connectivity index is 1.86. The Morgan fingerprint density at radius 2 is 1.97 bits per heavy atom. The molecule has 1 aromatic rings. The normalized spacial score (nSPS) is 15.6. The molecule has 0 aromatic carbocycles. The van der Waals surface area contributed by atoms with Crippen LogP contribution in [0.4, 0.5) is 5.82 Å². The number of hydrogen-bond acceptors (Lipinski definition) is 5. The number of nitrogens with one attached hydrogen (secondary N) is 1. The molecule has 7 heteroatoms. The van der Waals surface area contributed by atoms with Crippen molar-refractivity contribution in [3.63, 3.8) is 0 Å². The van der Waals surface area contributed by atoms with E-state index in [2.05, 4.69) is 53.0 Å². The van der Waals surface area contributed by atoms with Crippen LogP contribution in [0.15, 0.2) is 23.3 Å². The summed E-state index contributed by atoms with van der Waals surface area (Å²) >= 11 is 0. The van der Waals surface area contributed by atoms with Crippen LogP contribution in [0.1, 0.15) is 45.6 Å². The second kappa shape index (κ2) is 13.4. The third-order valence-corrected chi connectivity index (χ3v) is 5.23. The quantitative estimate of drug-likeness (QED) is 0.347. The summed E-state index contributed by atoms with van der Waals surface area (Å²) in [5, 5.41) is 3.44. The Labute approximate surface area is 176 Å². The number of likely N-dealkylation sites (tertiary alicyclic amines) is 1. The molecule has 2 rings (SSSR count). The van der Waals surface area contributed by atoms with E-state index in [1.165, 1.54) is 0 Å². The number of aliphatic imine (C=N–C) groups is 1. The first-order valence-corrected chi connectivity index (χ1v) is 11.0. The highest BCUT2D eigenvalue weighted by Gasteiger charge is 2.21. The second-order valence-electron chi connectivity index (χ2n) is 7.27. The number of piperidine rings is 1. The molecule has 0 spiro atoms. The molecule has 1 aromatic heterocycles. The smallest absolute Gasteiger partial charge is 0.194 e. The van der Waals surface area contributed by atoms with E-state index < -0.39 is 0 Å². The van der Waals surface area contributed by atoms with Gasteiger partial charge in [0.05, 0.1) is 12.6 Å². The number of ether oxygens (including phenoxy) is 2. The van der Waals surface area contributed by atoms with Crippen molar-refractivity contribution in [2.75, 3.05) is 57.9 Å². The molecule has 0 aliphatic carbocycles. The first kappa shape index (κ1) is 23.4. The van der Waals surface area contributed by atoms with Gasteiger partial charge in [-0.3, -0.25) is 0 Å². The van der Waals surface area contributed by atoms with Gasteiger partial charge in [0.15, 0.2) is 5.96 Å². The van der Waals surface area contributed by atoms with Crippen LogP contribution < -0.4 is 10.2 Å². The van der Waals surface area contributed by atoms with Crippen molar-refractivity contribution < 1.29 is 9.47 Å². The lowest BCUT2D eigenvalue weighted by Crippen LogP contribution is -2.47. The zero-order valence-corrected chi connectivity index (χ0v) is 18.7. The molecule has 29 heavy (non-hydrogen) atoms. The molecule has 1 aliphatic heterocycles. The van der Waals surface area contributed by atoms with Crippen LogP contribution in [0, 0.1) is 0 Å². The number of methoxy groups -OCH3 is 1. The van der Waals surface area contributed by atoms with Gasteiger partial charge in [-0.15, -0.1) is 0 Å². The number of pyridine rings is 1. The SMILES string of the molecule is CCNC(=NCc1ccc(N(CC)CC)nc1)N1CCC(OCCCOC)CC1. The van der Waals surface area contributed by atoms with Crippen molar-refractivity contribution in [2.45, 2.75) is 52.7 Å². The van der Waals surface area contributed by atoms with Crippen LogP contribution in [-0.2, 0) is 16.0 Å². The Morgan fingerprint density at radius 3 is 2.55 bits per heavy atom. The fraction of sp³-hybridized carbons (Fsp3) is 0.727. The number of hydrogen-bond donors (Lipinski definition) is 1. The largest absolute Gasteiger partial charge is 0.385 e. The maximum absolute atomic E-state index is 5.97. The van der Waals surface area contributed by atoms with Gasteiger partial charge in [0, 0.05) is 59.2 Å². The van der Waals surface area contributed by atoms with Crippen LogP contribution in [-0.4, -0.2) is 75.0 Å². The predicted molar refractivity (Wildman–Crippen MR) is 120 cm³/mol. The first-order valence-electron chi connectivity index (χ1n) is 11.0. The Bertz CT molecular complexity index is 581. The maximum atomic E-state index is 5.97. The van der Waals surface area contributed by atoms with E-state index in [0.717, 1.165) is 82.5 Å². The van der Waals surface area contributed by atoms with E-state index in [1.807, 2.05) is 6.20 Å². The number of nitrogens with zero attached hydrogens (tertiary/aromatic N) is 4. The summed E-state index contributed by atoms with van der Waals surface area (Å²) in [4.78, 5) is 14.1. The van der Waals surface area contributed by atoms with Gasteiger partial charge >= 0.3 is 0 Å². The van der Waals surface area contributed by atoms with E-state index in [4.69, 9.17) is 14.5 Å². The van der Waals surface area contributed by atoms with Crippen molar-refractivity contribution >= 4 is 11.8 Å². The summed E-state index contributed by atoms with van der Waals surface area (Å²) in [5.74, 6) is 2.01. The highest BCUT2D eigenvalue weighted by atomic mass is 16.5. The summed E-state index contributed by atoms with van der Waals surface area (Å²) in [6.07, 6.45) is 5.33. The first-order chi connectivity index (χ1) is 14.2. The Hall–Kier alpha value is -1.86. The van der Waals surface area contributed by atoms with Crippen molar-refractivity contribution in [2.24, 2.45) is 4.99 Å². The molecular formula is C22H39N5O2. The van der Waals surface area contributed by atoms with Gasteiger partial charge in [-0.1, -0.05) is 6.07 Å². The van der Waals surface area contributed by atoms with E-state index >= 15 is 0 Å². The second-order valence-corrected chi connectivity index (χ2v) is 7.27. The molecule has 0 atom stereocenters. The summed E-state index contributed by atoms with van der Waals surface area (Å²) < 4.78 is 11.1. The molecule has 164 valence electrons. The Morgan fingerprint density at radius 1 is 1.21 bits per heavy atom. The molecule has 1 aliphatic rings. The van der Waals surface area contributed by atoms with Crippen LogP contribution >= 0.6 is 0 Å². The lowest BCUT2D eigenvalue weighted by molar-refractivity contribution is 0.00990. The van der Waals surface area contributed by atoms with E-state index in [9.17, 15) is 0 Å². The highest BCUT2D eigenvalue weighted by Crippen LogP contribution is 2.15. The van der Waals surface area contributed by atoms with Gasteiger partial charge in [0.2, 0.25) is 0 Å². The molecule has 0 bridgehead atoms. The predicted octanol–water partition coefficient (Wildman–Crippen LogP) is 2.91. The van der Waals surface area contributed by atoms with E-state index in [-0.39, 0.29) is 0 Å². The van der Waals surface area contributed by atoms with Crippen LogP contribution in [0.3, 0.4) is 0 Å². The van der Waals surface area contributed by atoms with Crippen LogP contribution in [0.2, 0.25) is 0 Å². The lowest BCUT2D eigenvalue weighted by Gasteiger charge is -2.34. The monoisotopic (exact) mass is 405 g/mol. The minimum absolute atomic E-state index is 0.350. The Kier molecular flexibility index (Phi) is 10.8. The molecule has 7 nitrogen and oxygen atoms in total. The molecule has 1 saturated heterocycles. The highest BCUT2D eigenvalue weighted by molar-refractivity contribution is 5.80. The molecular weight excluding hydrogens is 366 g/mol. The zero-order chi connectivity index (χ0) is 20.9. The van der Waals surface area contributed by atoms with Gasteiger partial charge < -0.3 is 24.6 Å². The minimum Gasteiger partial charge on any atom is -0.385 e. The number of anilines is 1. The van der Waals surface area contributed by atoms with Crippen molar-refractivity contribution in [3.8, 4) is 0 Å². The number of aromatic nitrogens is 1. The summed E-state index contributed by atoms with van der Waals surface area (Å²) in [6.45, 7) is 13.4. The van der Waals surface area contributed by atoms with Gasteiger partial charge in [-0.25, -0.2) is 9.98 Å².